The minimum atomic E-state index is -0.123. The molecule has 0 aliphatic heterocycles. The summed E-state index contributed by atoms with van der Waals surface area (Å²) in [4.78, 5) is 16.2. The first kappa shape index (κ1) is 19.4. The molecule has 1 heterocycles. The van der Waals surface area contributed by atoms with E-state index in [0.29, 0.717) is 28.4 Å². The molecule has 0 spiro atoms. The molecule has 1 N–H and O–H groups in total. The van der Waals surface area contributed by atoms with Crippen molar-refractivity contribution in [2.45, 2.75) is 6.92 Å². The monoisotopic (exact) mass is 381 g/mol. The Morgan fingerprint density at radius 2 is 1.61 bits per heavy atom. The average molecular weight is 381 g/mol. The first-order chi connectivity index (χ1) is 13.5. The molecule has 1 aromatic heterocycles. The zero-order valence-corrected chi connectivity index (χ0v) is 16.6. The molecular weight excluding hydrogens is 358 g/mol. The molecule has 0 aliphatic rings. The molecule has 6 nitrogen and oxygen atoms in total. The second kappa shape index (κ2) is 8.08. The molecule has 146 valence electrons. The van der Waals surface area contributed by atoms with Gasteiger partial charge in [-0.3, -0.25) is 4.79 Å². The van der Waals surface area contributed by atoms with E-state index in [1.807, 2.05) is 30.5 Å². The van der Waals surface area contributed by atoms with Crippen LogP contribution in [0, 0.1) is 0 Å². The lowest BCUT2D eigenvalue weighted by Gasteiger charge is -2.13. The average Bonchev–Trinajstić information content (AvgIpc) is 3.13. The number of Topliss-reactive ketones (excluding diaryl/α,β-unsaturated/α-hetero) is 1. The number of allylic oxidation sites excluding steroid dienone is 1. The van der Waals surface area contributed by atoms with Gasteiger partial charge in [-0.15, -0.1) is 0 Å². The Morgan fingerprint density at radius 1 is 0.929 bits per heavy atom. The largest absolute Gasteiger partial charge is 0.497 e. The number of hydrogen-bond donors (Lipinski definition) is 1. The minimum absolute atomic E-state index is 0.123. The number of carbonyl (C=O) groups is 1. The van der Waals surface area contributed by atoms with Gasteiger partial charge in [-0.25, -0.2) is 0 Å². The van der Waals surface area contributed by atoms with Gasteiger partial charge in [0, 0.05) is 34.3 Å². The lowest BCUT2D eigenvalue weighted by atomic mass is 10.0. The highest BCUT2D eigenvalue weighted by Gasteiger charge is 2.18. The fraction of sp³-hybridized carbons (Fsp3) is 0.227. The fourth-order valence-electron chi connectivity index (χ4n) is 3.11. The summed E-state index contributed by atoms with van der Waals surface area (Å²) in [7, 11) is 6.20. The van der Waals surface area contributed by atoms with Crippen molar-refractivity contribution in [3.05, 3.63) is 53.2 Å². The summed E-state index contributed by atoms with van der Waals surface area (Å²) in [6.07, 6.45) is 3.73. The van der Waals surface area contributed by atoms with Crippen molar-refractivity contribution >= 4 is 22.8 Å². The number of ketones is 1. The smallest absolute Gasteiger partial charge is 0.203 e. The van der Waals surface area contributed by atoms with Crippen molar-refractivity contribution in [2.75, 3.05) is 28.4 Å². The van der Waals surface area contributed by atoms with Crippen molar-refractivity contribution in [3.8, 4) is 23.0 Å². The molecular formula is C22H23NO5. The zero-order valence-electron chi connectivity index (χ0n) is 16.6. The quantitative estimate of drug-likeness (QED) is 0.482. The predicted molar refractivity (Wildman–Crippen MR) is 109 cm³/mol. The van der Waals surface area contributed by atoms with Gasteiger partial charge in [0.15, 0.2) is 17.3 Å². The Labute approximate surface area is 163 Å². The summed E-state index contributed by atoms with van der Waals surface area (Å²) in [6.45, 7) is 1.79. The molecule has 0 amide bonds. The maximum atomic E-state index is 13.0. The van der Waals surface area contributed by atoms with Crippen LogP contribution in [0.15, 0.2) is 42.1 Å². The molecule has 3 rings (SSSR count). The Kier molecular flexibility index (Phi) is 5.59. The third-order valence-electron chi connectivity index (χ3n) is 4.58. The molecule has 28 heavy (non-hydrogen) atoms. The number of benzene rings is 2. The van der Waals surface area contributed by atoms with E-state index in [4.69, 9.17) is 18.9 Å². The van der Waals surface area contributed by atoms with Crippen LogP contribution in [-0.4, -0.2) is 39.2 Å². The number of nitrogens with one attached hydrogen (secondary N) is 1. The van der Waals surface area contributed by atoms with E-state index in [1.54, 1.807) is 26.2 Å². The normalized spacial score (nSPS) is 11.4. The third-order valence-corrected chi connectivity index (χ3v) is 4.58. The molecule has 0 aliphatic carbocycles. The van der Waals surface area contributed by atoms with Gasteiger partial charge in [0.2, 0.25) is 5.75 Å². The second-order valence-electron chi connectivity index (χ2n) is 6.23. The van der Waals surface area contributed by atoms with Gasteiger partial charge in [0.25, 0.3) is 0 Å². The van der Waals surface area contributed by atoms with Gasteiger partial charge < -0.3 is 23.9 Å². The zero-order chi connectivity index (χ0) is 20.3. The molecule has 0 saturated carbocycles. The Morgan fingerprint density at radius 3 is 2.18 bits per heavy atom. The summed E-state index contributed by atoms with van der Waals surface area (Å²) in [5, 5.41) is 1.01. The Balaban J connectivity index is 1.99. The van der Waals surface area contributed by atoms with Crippen molar-refractivity contribution in [1.29, 1.82) is 0 Å². The number of methoxy groups -OCH3 is 4. The van der Waals surface area contributed by atoms with E-state index < -0.39 is 0 Å². The standard InChI is InChI=1S/C22H23NO5/c1-13(8-15-12-23-18-11-16(25-2)6-7-17(15)18)21(24)14-9-19(26-3)22(28-5)20(10-14)27-4/h6-12,23H,1-5H3. The fourth-order valence-corrected chi connectivity index (χ4v) is 3.11. The third kappa shape index (κ3) is 3.53. The maximum Gasteiger partial charge on any atom is 0.203 e. The van der Waals surface area contributed by atoms with E-state index in [-0.39, 0.29) is 5.78 Å². The van der Waals surface area contributed by atoms with Crippen LogP contribution in [-0.2, 0) is 0 Å². The number of aromatic amines is 1. The highest BCUT2D eigenvalue weighted by atomic mass is 16.5. The Hall–Kier alpha value is -3.41. The van der Waals surface area contributed by atoms with Crippen LogP contribution < -0.4 is 18.9 Å². The summed E-state index contributed by atoms with van der Waals surface area (Å²) < 4.78 is 21.2. The van der Waals surface area contributed by atoms with Crippen LogP contribution in [0.25, 0.3) is 17.0 Å². The van der Waals surface area contributed by atoms with Gasteiger partial charge in [0.1, 0.15) is 5.75 Å². The SMILES string of the molecule is COc1ccc2c(C=C(C)C(=O)c3cc(OC)c(OC)c(OC)c3)c[nH]c2c1. The molecule has 6 heteroatoms. The van der Waals surface area contributed by atoms with Crippen LogP contribution in [0.3, 0.4) is 0 Å². The van der Waals surface area contributed by atoms with Crippen LogP contribution in [0.4, 0.5) is 0 Å². The van der Waals surface area contributed by atoms with E-state index in [9.17, 15) is 4.79 Å². The van der Waals surface area contributed by atoms with Gasteiger partial charge in [-0.05, 0) is 42.8 Å². The molecule has 0 atom stereocenters. The first-order valence-corrected chi connectivity index (χ1v) is 8.70. The summed E-state index contributed by atoms with van der Waals surface area (Å²) in [5.74, 6) is 1.99. The molecule has 3 aromatic rings. The Bertz CT molecular complexity index is 1020. The van der Waals surface area contributed by atoms with E-state index in [1.165, 1.54) is 21.3 Å². The van der Waals surface area contributed by atoms with Gasteiger partial charge >= 0.3 is 0 Å². The summed E-state index contributed by atoms with van der Waals surface area (Å²) in [6, 6.07) is 9.09. The van der Waals surface area contributed by atoms with Crippen LogP contribution in [0.2, 0.25) is 0 Å². The number of rotatable bonds is 7. The van der Waals surface area contributed by atoms with Crippen molar-refractivity contribution < 1.29 is 23.7 Å². The van der Waals surface area contributed by atoms with E-state index in [0.717, 1.165) is 22.2 Å². The van der Waals surface area contributed by atoms with E-state index >= 15 is 0 Å². The summed E-state index contributed by atoms with van der Waals surface area (Å²) in [5.41, 5.74) is 2.92. The van der Waals surface area contributed by atoms with Crippen molar-refractivity contribution in [2.24, 2.45) is 0 Å². The summed E-state index contributed by atoms with van der Waals surface area (Å²) >= 11 is 0. The second-order valence-corrected chi connectivity index (χ2v) is 6.23. The molecule has 0 radical (unpaired) electrons. The first-order valence-electron chi connectivity index (χ1n) is 8.70. The van der Waals surface area contributed by atoms with E-state index in [2.05, 4.69) is 4.98 Å². The predicted octanol–water partition coefficient (Wildman–Crippen LogP) is 4.49. The maximum absolute atomic E-state index is 13.0. The number of hydrogen-bond acceptors (Lipinski definition) is 5. The van der Waals surface area contributed by atoms with Gasteiger partial charge in [0.05, 0.1) is 28.4 Å². The number of H-pyrrole nitrogens is 1. The van der Waals surface area contributed by atoms with Crippen LogP contribution in [0.5, 0.6) is 23.0 Å². The van der Waals surface area contributed by atoms with Crippen molar-refractivity contribution in [1.82, 2.24) is 4.98 Å². The lowest BCUT2D eigenvalue weighted by molar-refractivity contribution is 0.103. The molecule has 0 saturated heterocycles. The van der Waals surface area contributed by atoms with Crippen LogP contribution >= 0.6 is 0 Å². The van der Waals surface area contributed by atoms with Gasteiger partial charge in [-0.1, -0.05) is 0 Å². The number of aromatic nitrogens is 1. The number of fused-ring (bicyclic) bond motifs is 1. The molecule has 0 fully saturated rings. The molecule has 0 bridgehead atoms. The topological polar surface area (TPSA) is 69.8 Å². The molecule has 2 aromatic carbocycles. The minimum Gasteiger partial charge on any atom is -0.497 e. The lowest BCUT2D eigenvalue weighted by Crippen LogP contribution is -2.03. The highest BCUT2D eigenvalue weighted by molar-refractivity contribution is 6.12. The number of ether oxygens (including phenoxy) is 4. The van der Waals surface area contributed by atoms with Gasteiger partial charge in [-0.2, -0.15) is 0 Å². The van der Waals surface area contributed by atoms with Crippen molar-refractivity contribution in [3.63, 3.8) is 0 Å². The number of carbonyl (C=O) groups excluding carboxylic acids is 1. The van der Waals surface area contributed by atoms with Crippen LogP contribution in [0.1, 0.15) is 22.8 Å². The molecule has 0 unspecified atom stereocenters. The highest BCUT2D eigenvalue weighted by Crippen LogP contribution is 2.38.